The fourth-order valence-corrected chi connectivity index (χ4v) is 2.79. The first-order valence-corrected chi connectivity index (χ1v) is 7.92. The summed E-state index contributed by atoms with van der Waals surface area (Å²) in [6.45, 7) is 7.11. The van der Waals surface area contributed by atoms with Gasteiger partial charge >= 0.3 is 0 Å². The van der Waals surface area contributed by atoms with E-state index in [9.17, 15) is 0 Å². The van der Waals surface area contributed by atoms with Gasteiger partial charge in [-0.15, -0.1) is 0 Å². The molecule has 1 rings (SSSR count). The first-order chi connectivity index (χ1) is 9.52. The van der Waals surface area contributed by atoms with Crippen LogP contribution >= 0.6 is 23.2 Å². The van der Waals surface area contributed by atoms with Gasteiger partial charge in [0.05, 0.1) is 6.61 Å². The highest BCUT2D eigenvalue weighted by atomic mass is 35.5. The number of methoxy groups -OCH3 is 1. The Kier molecular flexibility index (Phi) is 8.55. The van der Waals surface area contributed by atoms with Gasteiger partial charge in [0.1, 0.15) is 0 Å². The molecule has 0 amide bonds. The predicted octanol–water partition coefficient (Wildman–Crippen LogP) is 4.43. The second-order valence-corrected chi connectivity index (χ2v) is 6.48. The van der Waals surface area contributed by atoms with Gasteiger partial charge in [0.2, 0.25) is 0 Å². The van der Waals surface area contributed by atoms with Gasteiger partial charge < -0.3 is 10.1 Å². The van der Waals surface area contributed by atoms with Crippen molar-refractivity contribution < 1.29 is 4.74 Å². The van der Waals surface area contributed by atoms with Gasteiger partial charge in [0, 0.05) is 23.7 Å². The largest absolute Gasteiger partial charge is 0.383 e. The van der Waals surface area contributed by atoms with Crippen LogP contribution in [0.2, 0.25) is 10.0 Å². The van der Waals surface area contributed by atoms with Crippen molar-refractivity contribution in [1.82, 2.24) is 5.32 Å². The van der Waals surface area contributed by atoms with E-state index in [0.717, 1.165) is 41.7 Å². The first-order valence-electron chi connectivity index (χ1n) is 7.16. The number of hydrogen-bond acceptors (Lipinski definition) is 2. The Bertz CT molecular complexity index is 396. The van der Waals surface area contributed by atoms with E-state index >= 15 is 0 Å². The van der Waals surface area contributed by atoms with E-state index < -0.39 is 0 Å². The molecule has 0 saturated carbocycles. The average molecular weight is 318 g/mol. The number of halogens is 2. The molecule has 0 saturated heterocycles. The molecule has 4 heteroatoms. The van der Waals surface area contributed by atoms with Crippen LogP contribution in [0.3, 0.4) is 0 Å². The van der Waals surface area contributed by atoms with Crippen LogP contribution in [-0.4, -0.2) is 26.8 Å². The third-order valence-corrected chi connectivity index (χ3v) is 3.84. The minimum atomic E-state index is 0.558. The van der Waals surface area contributed by atoms with E-state index in [1.807, 2.05) is 18.2 Å². The second kappa shape index (κ2) is 9.62. The highest BCUT2D eigenvalue weighted by Gasteiger charge is 2.14. The lowest BCUT2D eigenvalue weighted by molar-refractivity contribution is 0.197. The van der Waals surface area contributed by atoms with Crippen molar-refractivity contribution in [3.05, 3.63) is 33.8 Å². The topological polar surface area (TPSA) is 21.3 Å². The zero-order chi connectivity index (χ0) is 15.0. The number of ether oxygens (including phenoxy) is 1. The first kappa shape index (κ1) is 17.8. The molecule has 114 valence electrons. The quantitative estimate of drug-likeness (QED) is 0.680. The van der Waals surface area contributed by atoms with Crippen LogP contribution in [0.1, 0.15) is 25.8 Å². The molecule has 0 radical (unpaired) electrons. The smallest absolute Gasteiger partial charge is 0.0587 e. The summed E-state index contributed by atoms with van der Waals surface area (Å²) >= 11 is 12.3. The molecule has 1 aromatic carbocycles. The molecule has 0 fully saturated rings. The SMILES string of the molecule is COCCNCC(Cc1cc(Cl)ccc1Cl)CC(C)C. The normalized spacial score (nSPS) is 12.9. The van der Waals surface area contributed by atoms with Crippen LogP contribution < -0.4 is 5.32 Å². The van der Waals surface area contributed by atoms with Crippen LogP contribution in [-0.2, 0) is 11.2 Å². The Labute approximate surface area is 132 Å². The molecule has 1 N–H and O–H groups in total. The van der Waals surface area contributed by atoms with Gasteiger partial charge in [-0.05, 0) is 55.0 Å². The molecule has 1 atom stereocenters. The maximum atomic E-state index is 6.26. The van der Waals surface area contributed by atoms with E-state index in [-0.39, 0.29) is 0 Å². The summed E-state index contributed by atoms with van der Waals surface area (Å²) in [5.41, 5.74) is 1.14. The molecule has 2 nitrogen and oxygen atoms in total. The zero-order valence-electron chi connectivity index (χ0n) is 12.6. The third kappa shape index (κ3) is 6.94. The summed E-state index contributed by atoms with van der Waals surface area (Å²) in [6, 6.07) is 5.69. The van der Waals surface area contributed by atoms with Crippen molar-refractivity contribution in [3.63, 3.8) is 0 Å². The molecule has 0 aliphatic rings. The molecule has 0 spiro atoms. The van der Waals surface area contributed by atoms with E-state index in [0.29, 0.717) is 11.8 Å². The number of hydrogen-bond donors (Lipinski definition) is 1. The summed E-state index contributed by atoms with van der Waals surface area (Å²) in [5, 5.41) is 5.00. The standard InChI is InChI=1S/C16H25Cl2NO/c1-12(2)8-13(11-19-6-7-20-3)9-14-10-15(17)4-5-16(14)18/h4-5,10,12-13,19H,6-9,11H2,1-3H3. The number of rotatable bonds is 9. The number of benzene rings is 1. The summed E-state index contributed by atoms with van der Waals surface area (Å²) in [4.78, 5) is 0. The van der Waals surface area contributed by atoms with Gasteiger partial charge in [0.15, 0.2) is 0 Å². The Balaban J connectivity index is 2.60. The summed E-state index contributed by atoms with van der Waals surface area (Å²) < 4.78 is 5.06. The Morgan fingerprint density at radius 2 is 2.00 bits per heavy atom. The van der Waals surface area contributed by atoms with Crippen molar-refractivity contribution in [3.8, 4) is 0 Å². The third-order valence-electron chi connectivity index (χ3n) is 3.24. The Hall–Kier alpha value is -0.280. The fourth-order valence-electron chi connectivity index (χ4n) is 2.40. The lowest BCUT2D eigenvalue weighted by Gasteiger charge is -2.20. The Morgan fingerprint density at radius 3 is 2.65 bits per heavy atom. The fraction of sp³-hybridized carbons (Fsp3) is 0.625. The van der Waals surface area contributed by atoms with Crippen molar-refractivity contribution in [2.24, 2.45) is 11.8 Å². The molecule has 0 aliphatic heterocycles. The van der Waals surface area contributed by atoms with Gasteiger partial charge in [-0.1, -0.05) is 37.0 Å². The van der Waals surface area contributed by atoms with Gasteiger partial charge in [-0.2, -0.15) is 0 Å². The molecule has 0 heterocycles. The molecule has 1 unspecified atom stereocenters. The minimum absolute atomic E-state index is 0.558. The summed E-state index contributed by atoms with van der Waals surface area (Å²) in [6.07, 6.45) is 2.13. The molecular formula is C16H25Cl2NO. The average Bonchev–Trinajstić information content (AvgIpc) is 2.38. The van der Waals surface area contributed by atoms with Crippen LogP contribution in [0.15, 0.2) is 18.2 Å². The molecule has 20 heavy (non-hydrogen) atoms. The zero-order valence-corrected chi connectivity index (χ0v) is 14.1. The van der Waals surface area contributed by atoms with Gasteiger partial charge in [-0.3, -0.25) is 0 Å². The lowest BCUT2D eigenvalue weighted by atomic mass is 9.91. The summed E-state index contributed by atoms with van der Waals surface area (Å²) in [7, 11) is 1.72. The van der Waals surface area contributed by atoms with E-state index in [1.165, 1.54) is 6.42 Å². The van der Waals surface area contributed by atoms with Crippen molar-refractivity contribution in [2.45, 2.75) is 26.7 Å². The van der Waals surface area contributed by atoms with Crippen LogP contribution in [0.25, 0.3) is 0 Å². The summed E-state index contributed by atoms with van der Waals surface area (Å²) in [5.74, 6) is 1.23. The van der Waals surface area contributed by atoms with E-state index in [1.54, 1.807) is 7.11 Å². The molecule has 0 aliphatic carbocycles. The maximum Gasteiger partial charge on any atom is 0.0587 e. The number of nitrogens with one attached hydrogen (secondary N) is 1. The van der Waals surface area contributed by atoms with Gasteiger partial charge in [-0.25, -0.2) is 0 Å². The molecule has 0 bridgehead atoms. The highest BCUT2D eigenvalue weighted by Crippen LogP contribution is 2.25. The van der Waals surface area contributed by atoms with Crippen molar-refractivity contribution >= 4 is 23.2 Å². The van der Waals surface area contributed by atoms with Crippen LogP contribution in [0.4, 0.5) is 0 Å². The highest BCUT2D eigenvalue weighted by molar-refractivity contribution is 6.33. The molecular weight excluding hydrogens is 293 g/mol. The van der Waals surface area contributed by atoms with Gasteiger partial charge in [0.25, 0.3) is 0 Å². The predicted molar refractivity (Wildman–Crippen MR) is 87.9 cm³/mol. The van der Waals surface area contributed by atoms with Crippen LogP contribution in [0.5, 0.6) is 0 Å². The van der Waals surface area contributed by atoms with Crippen molar-refractivity contribution in [2.75, 3.05) is 26.8 Å². The van der Waals surface area contributed by atoms with E-state index in [4.69, 9.17) is 27.9 Å². The van der Waals surface area contributed by atoms with Crippen LogP contribution in [0, 0.1) is 11.8 Å². The lowest BCUT2D eigenvalue weighted by Crippen LogP contribution is -2.28. The molecule has 1 aromatic rings. The molecule has 0 aromatic heterocycles. The second-order valence-electron chi connectivity index (χ2n) is 5.63. The Morgan fingerprint density at radius 1 is 1.25 bits per heavy atom. The monoisotopic (exact) mass is 317 g/mol. The van der Waals surface area contributed by atoms with E-state index in [2.05, 4.69) is 19.2 Å². The maximum absolute atomic E-state index is 6.26. The minimum Gasteiger partial charge on any atom is -0.383 e. The van der Waals surface area contributed by atoms with Crippen molar-refractivity contribution in [1.29, 1.82) is 0 Å².